The summed E-state index contributed by atoms with van der Waals surface area (Å²) in [6, 6.07) is 3.95. The van der Waals surface area contributed by atoms with E-state index in [1.54, 1.807) is 23.5 Å². The molecule has 0 aliphatic carbocycles. The Morgan fingerprint density at radius 1 is 1.06 bits per heavy atom. The van der Waals surface area contributed by atoms with Gasteiger partial charge in [0.1, 0.15) is 11.5 Å². The summed E-state index contributed by atoms with van der Waals surface area (Å²) in [7, 11) is 0. The van der Waals surface area contributed by atoms with Crippen LogP contribution >= 0.6 is 23.5 Å². The fourth-order valence-electron chi connectivity index (χ4n) is 3.48. The third kappa shape index (κ3) is 9.07. The van der Waals surface area contributed by atoms with Gasteiger partial charge in [-0.25, -0.2) is 0 Å². The molecule has 0 amide bonds. The van der Waals surface area contributed by atoms with Gasteiger partial charge in [0.05, 0.1) is 29.5 Å². The van der Waals surface area contributed by atoms with Crippen molar-refractivity contribution >= 4 is 45.3 Å². The minimum absolute atomic E-state index is 0. The third-order valence-corrected chi connectivity index (χ3v) is 6.62. The first-order valence-electron chi connectivity index (χ1n) is 10.9. The molecule has 9 nitrogen and oxygen atoms in total. The summed E-state index contributed by atoms with van der Waals surface area (Å²) in [5.41, 5.74) is 7.49. The molecule has 0 spiro atoms. The summed E-state index contributed by atoms with van der Waals surface area (Å²) in [6.07, 6.45) is 0.435. The molecular weight excluding hydrogens is 684 g/mol. The Balaban J connectivity index is 0.00000385. The zero-order valence-corrected chi connectivity index (χ0v) is 25.7. The minimum Gasteiger partial charge on any atom is -0.458 e. The van der Waals surface area contributed by atoms with Crippen LogP contribution in [0.2, 0.25) is 0 Å². The predicted molar refractivity (Wildman–Crippen MR) is 140 cm³/mol. The molecule has 184 valence electrons. The zero-order valence-electron chi connectivity index (χ0n) is 19.9. The van der Waals surface area contributed by atoms with Crippen LogP contribution in [0.5, 0.6) is 0 Å². The molecule has 2 N–H and O–H groups in total. The number of hydrogen-bond acceptors (Lipinski definition) is 9. The van der Waals surface area contributed by atoms with Gasteiger partial charge < -0.3 is 9.15 Å². The molecule has 0 bridgehead atoms. The predicted octanol–water partition coefficient (Wildman–Crippen LogP) is 3.83. The van der Waals surface area contributed by atoms with E-state index in [0.717, 1.165) is 40.8 Å². The van der Waals surface area contributed by atoms with Crippen molar-refractivity contribution in [2.45, 2.75) is 53.4 Å². The molecule has 1 saturated heterocycles. The second kappa shape index (κ2) is 14.6. The summed E-state index contributed by atoms with van der Waals surface area (Å²) in [4.78, 5) is 11.3. The third-order valence-electron chi connectivity index (χ3n) is 4.69. The molecule has 1 aromatic rings. The van der Waals surface area contributed by atoms with E-state index in [9.17, 15) is 0 Å². The van der Waals surface area contributed by atoms with Crippen molar-refractivity contribution in [1.82, 2.24) is 15.8 Å². The van der Waals surface area contributed by atoms with Crippen LogP contribution in [-0.2, 0) is 11.3 Å². The molecule has 3 rings (SSSR count). The van der Waals surface area contributed by atoms with Crippen molar-refractivity contribution in [3.63, 3.8) is 0 Å². The molecule has 0 aromatic carbocycles. The van der Waals surface area contributed by atoms with E-state index < -0.39 is 0 Å². The van der Waals surface area contributed by atoms with Crippen molar-refractivity contribution in [2.24, 2.45) is 20.2 Å². The van der Waals surface area contributed by atoms with E-state index in [1.165, 1.54) is 0 Å². The van der Waals surface area contributed by atoms with Crippen LogP contribution in [0.25, 0.3) is 0 Å². The molecule has 3 heterocycles. The molecule has 2 aliphatic heterocycles. The van der Waals surface area contributed by atoms with Gasteiger partial charge in [0.15, 0.2) is 16.1 Å². The van der Waals surface area contributed by atoms with Crippen LogP contribution in [0, 0.1) is 31.1 Å². The SMILES string of the molecule is CCN=C1N/N=C(c2ccc(CN3CC(C)OC(C)C3)o2)/C(C)=N/NC(=NCC)SCS1.[HH].[HH].[U]. The molecule has 1 aromatic heterocycles. The maximum Gasteiger partial charge on any atom is 0.177 e. The Bertz CT molecular complexity index is 889. The summed E-state index contributed by atoms with van der Waals surface area (Å²) >= 11 is 3.17. The Labute approximate surface area is 231 Å². The zero-order chi connectivity index (χ0) is 22.9. The molecule has 2 unspecified atom stereocenters. The monoisotopic (exact) mass is 721 g/mol. The largest absolute Gasteiger partial charge is 0.458 e. The standard InChI is InChI=1S/C21H33N7O2S2.U.2H2/c1-6-22-20-26-24-16(5)19(25-27-21(23-7-2)32-13-31-20)18-9-8-17(30-18)12-28-10-14(3)29-15(4)11-28;;;/h8-9,14-15H,6-7,10-13H2,1-5H3,(H,22,26)(H,23,27);;2*1H/b24-16+,25-19-;;;. The van der Waals surface area contributed by atoms with E-state index >= 15 is 0 Å². The Morgan fingerprint density at radius 2 is 1.67 bits per heavy atom. The smallest absolute Gasteiger partial charge is 0.177 e. The Kier molecular flexibility index (Phi) is 12.6. The average molecular weight is 722 g/mol. The van der Waals surface area contributed by atoms with E-state index in [4.69, 9.17) is 9.15 Å². The fraction of sp³-hybridized carbons (Fsp3) is 0.619. The fourth-order valence-corrected chi connectivity index (χ4v) is 5.27. The second-order valence-corrected chi connectivity index (χ2v) is 9.86. The molecule has 2 aliphatic rings. The molecule has 0 radical (unpaired) electrons. The van der Waals surface area contributed by atoms with Crippen molar-refractivity contribution in [1.29, 1.82) is 0 Å². The van der Waals surface area contributed by atoms with Gasteiger partial charge in [-0.2, -0.15) is 10.2 Å². The number of aliphatic imine (C=N–C) groups is 2. The normalized spacial score (nSPS) is 28.5. The van der Waals surface area contributed by atoms with Crippen LogP contribution in [-0.4, -0.2) is 70.1 Å². The molecule has 33 heavy (non-hydrogen) atoms. The maximum atomic E-state index is 6.19. The minimum atomic E-state index is 0. The molecule has 0 saturated carbocycles. The number of nitrogens with zero attached hydrogens (tertiary/aromatic N) is 5. The van der Waals surface area contributed by atoms with Gasteiger partial charge in [-0.05, 0) is 46.8 Å². The summed E-state index contributed by atoms with van der Waals surface area (Å²) in [6.45, 7) is 14.0. The van der Waals surface area contributed by atoms with E-state index in [0.29, 0.717) is 30.3 Å². The van der Waals surface area contributed by atoms with Crippen LogP contribution < -0.4 is 10.9 Å². The van der Waals surface area contributed by atoms with Crippen molar-refractivity contribution < 1.29 is 43.1 Å². The first-order chi connectivity index (χ1) is 15.5. The Morgan fingerprint density at radius 3 is 2.27 bits per heavy atom. The topological polar surface area (TPSA) is 99.1 Å². The van der Waals surface area contributed by atoms with Gasteiger partial charge in [0.2, 0.25) is 0 Å². The second-order valence-electron chi connectivity index (χ2n) is 7.56. The maximum absolute atomic E-state index is 6.19. The van der Waals surface area contributed by atoms with Crippen molar-refractivity contribution in [3.8, 4) is 0 Å². The average Bonchev–Trinajstić information content (AvgIpc) is 3.17. The number of nitrogens with one attached hydrogen (secondary N) is 2. The first-order valence-corrected chi connectivity index (χ1v) is 12.9. The molecular formula is C21H37N7O2S2U. The van der Waals surface area contributed by atoms with E-state index in [-0.39, 0.29) is 46.2 Å². The summed E-state index contributed by atoms with van der Waals surface area (Å²) in [5.74, 6) is 1.55. The quantitative estimate of drug-likeness (QED) is 0.478. The number of amidine groups is 2. The van der Waals surface area contributed by atoms with Crippen LogP contribution in [0.1, 0.15) is 49.0 Å². The molecule has 2 atom stereocenters. The summed E-state index contributed by atoms with van der Waals surface area (Å²) in [5, 5.41) is 11.4. The van der Waals surface area contributed by atoms with E-state index in [1.807, 2.05) is 32.9 Å². The number of morpholine rings is 1. The number of hydrazone groups is 2. The Hall–Kier alpha value is -0.768. The van der Waals surface area contributed by atoms with Crippen LogP contribution in [0.4, 0.5) is 0 Å². The number of thioether (sulfide) groups is 2. The van der Waals surface area contributed by atoms with Gasteiger partial charge in [0.25, 0.3) is 0 Å². The van der Waals surface area contributed by atoms with Crippen molar-refractivity contribution in [3.05, 3.63) is 23.7 Å². The number of hydrogen-bond donors (Lipinski definition) is 2. The van der Waals surface area contributed by atoms with E-state index in [2.05, 4.69) is 49.8 Å². The molecule has 1 fully saturated rings. The van der Waals surface area contributed by atoms with Gasteiger partial charge in [-0.3, -0.25) is 25.7 Å². The first kappa shape index (κ1) is 28.5. The van der Waals surface area contributed by atoms with Gasteiger partial charge >= 0.3 is 0 Å². The van der Waals surface area contributed by atoms with Gasteiger partial charge in [-0.1, -0.05) is 23.5 Å². The van der Waals surface area contributed by atoms with Crippen LogP contribution in [0.15, 0.2) is 36.7 Å². The van der Waals surface area contributed by atoms with Gasteiger partial charge in [0, 0.05) is 60.1 Å². The number of rotatable bonds is 5. The number of ether oxygens (including phenoxy) is 1. The molecule has 12 heteroatoms. The number of furan rings is 1. The van der Waals surface area contributed by atoms with Crippen LogP contribution in [0.3, 0.4) is 0 Å². The van der Waals surface area contributed by atoms with Crippen molar-refractivity contribution in [2.75, 3.05) is 31.3 Å². The summed E-state index contributed by atoms with van der Waals surface area (Å²) < 4.78 is 12.0. The van der Waals surface area contributed by atoms with Gasteiger partial charge in [-0.15, -0.1) is 0 Å².